The van der Waals surface area contributed by atoms with Crippen LogP contribution in [-0.2, 0) is 12.8 Å². The molecule has 0 unspecified atom stereocenters. The van der Waals surface area contributed by atoms with Crippen LogP contribution < -0.4 is 0 Å². The standard InChI is InChI=1S/C23H32/c1-3-4-5-6-7-8-12-15-23-17-16-22(18-20(23)2)19-21-13-10-9-11-14-21/h9-11,13-14,16-18H,3-8,12,15,19H2,1-2H3. The van der Waals surface area contributed by atoms with Gasteiger partial charge in [-0.05, 0) is 48.4 Å². The average Bonchev–Trinajstić information content (AvgIpc) is 2.57. The highest BCUT2D eigenvalue weighted by Crippen LogP contribution is 2.17. The van der Waals surface area contributed by atoms with E-state index in [1.54, 1.807) is 0 Å². The molecule has 23 heavy (non-hydrogen) atoms. The molecule has 124 valence electrons. The summed E-state index contributed by atoms with van der Waals surface area (Å²) in [5.74, 6) is 0. The van der Waals surface area contributed by atoms with Crippen LogP contribution in [0.1, 0.15) is 74.1 Å². The maximum atomic E-state index is 2.38. The number of unbranched alkanes of at least 4 members (excludes halogenated alkanes) is 6. The molecule has 2 aromatic rings. The SMILES string of the molecule is CCCCCCCCCc1ccc(Cc2ccccc2)cc1C. The summed E-state index contributed by atoms with van der Waals surface area (Å²) in [6.07, 6.45) is 12.0. The average molecular weight is 309 g/mol. The van der Waals surface area contributed by atoms with E-state index >= 15 is 0 Å². The summed E-state index contributed by atoms with van der Waals surface area (Å²) in [5.41, 5.74) is 5.82. The second-order valence-electron chi connectivity index (χ2n) is 6.79. The van der Waals surface area contributed by atoms with Gasteiger partial charge in [-0.2, -0.15) is 0 Å². The van der Waals surface area contributed by atoms with Crippen LogP contribution in [0.3, 0.4) is 0 Å². The lowest BCUT2D eigenvalue weighted by Gasteiger charge is -2.09. The lowest BCUT2D eigenvalue weighted by Crippen LogP contribution is -1.94. The molecule has 0 fully saturated rings. The minimum absolute atomic E-state index is 1.04. The molecule has 2 aromatic carbocycles. The topological polar surface area (TPSA) is 0 Å². The highest BCUT2D eigenvalue weighted by molar-refractivity contribution is 5.34. The van der Waals surface area contributed by atoms with Gasteiger partial charge in [-0.15, -0.1) is 0 Å². The Kier molecular flexibility index (Phi) is 7.93. The first-order valence-electron chi connectivity index (χ1n) is 9.42. The van der Waals surface area contributed by atoms with Crippen LogP contribution in [0.25, 0.3) is 0 Å². The molecule has 0 atom stereocenters. The lowest BCUT2D eigenvalue weighted by molar-refractivity contribution is 0.589. The summed E-state index contributed by atoms with van der Waals surface area (Å²) in [7, 11) is 0. The zero-order valence-electron chi connectivity index (χ0n) is 15.0. The molecule has 0 aliphatic heterocycles. The Labute approximate surface area is 143 Å². The van der Waals surface area contributed by atoms with Gasteiger partial charge in [0.1, 0.15) is 0 Å². The van der Waals surface area contributed by atoms with Gasteiger partial charge in [0.25, 0.3) is 0 Å². The van der Waals surface area contributed by atoms with Gasteiger partial charge in [-0.1, -0.05) is 94.0 Å². The van der Waals surface area contributed by atoms with Gasteiger partial charge in [0.15, 0.2) is 0 Å². The summed E-state index contributed by atoms with van der Waals surface area (Å²) >= 11 is 0. The smallest absolute Gasteiger partial charge is 0.00257 e. The molecule has 0 radical (unpaired) electrons. The molecule has 0 N–H and O–H groups in total. The Hall–Kier alpha value is -1.56. The van der Waals surface area contributed by atoms with Crippen LogP contribution in [0.4, 0.5) is 0 Å². The van der Waals surface area contributed by atoms with Crippen LogP contribution >= 0.6 is 0 Å². The van der Waals surface area contributed by atoms with Crippen molar-refractivity contribution in [1.29, 1.82) is 0 Å². The summed E-state index contributed by atoms with van der Waals surface area (Å²) < 4.78 is 0. The van der Waals surface area contributed by atoms with E-state index in [0.29, 0.717) is 0 Å². The van der Waals surface area contributed by atoms with Gasteiger partial charge in [-0.25, -0.2) is 0 Å². The van der Waals surface area contributed by atoms with Crippen molar-refractivity contribution in [1.82, 2.24) is 0 Å². The van der Waals surface area contributed by atoms with Crippen LogP contribution in [0.5, 0.6) is 0 Å². The molecule has 0 aliphatic rings. The van der Waals surface area contributed by atoms with Crippen molar-refractivity contribution >= 4 is 0 Å². The molecule has 0 saturated heterocycles. The van der Waals surface area contributed by atoms with Crippen LogP contribution in [0, 0.1) is 6.92 Å². The number of benzene rings is 2. The maximum Gasteiger partial charge on any atom is -0.00257 e. The van der Waals surface area contributed by atoms with E-state index < -0.39 is 0 Å². The number of hydrogen-bond donors (Lipinski definition) is 0. The van der Waals surface area contributed by atoms with Crippen molar-refractivity contribution in [2.45, 2.75) is 71.6 Å². The summed E-state index contributed by atoms with van der Waals surface area (Å²) in [6.45, 7) is 4.55. The molecule has 0 nitrogen and oxygen atoms in total. The molecule has 0 spiro atoms. The molecule has 2 rings (SSSR count). The van der Waals surface area contributed by atoms with Crippen LogP contribution in [0.15, 0.2) is 48.5 Å². The van der Waals surface area contributed by atoms with Crippen molar-refractivity contribution in [2.24, 2.45) is 0 Å². The van der Waals surface area contributed by atoms with Crippen molar-refractivity contribution in [3.63, 3.8) is 0 Å². The third-order valence-electron chi connectivity index (χ3n) is 4.71. The summed E-state index contributed by atoms with van der Waals surface area (Å²) in [4.78, 5) is 0. The third-order valence-corrected chi connectivity index (χ3v) is 4.71. The highest BCUT2D eigenvalue weighted by atomic mass is 14.1. The molecular formula is C23H32. The Morgan fingerprint density at radius 3 is 2.09 bits per heavy atom. The van der Waals surface area contributed by atoms with Crippen molar-refractivity contribution in [2.75, 3.05) is 0 Å². The normalized spacial score (nSPS) is 10.9. The fourth-order valence-corrected chi connectivity index (χ4v) is 3.25. The zero-order chi connectivity index (χ0) is 16.3. The van der Waals surface area contributed by atoms with E-state index in [1.165, 1.54) is 73.6 Å². The van der Waals surface area contributed by atoms with Gasteiger partial charge in [0, 0.05) is 0 Å². The minimum Gasteiger partial charge on any atom is -0.0654 e. The number of aryl methyl sites for hydroxylation is 2. The van der Waals surface area contributed by atoms with E-state index in [1.807, 2.05) is 0 Å². The molecule has 0 heteroatoms. The maximum absolute atomic E-state index is 2.38. The number of hydrogen-bond acceptors (Lipinski definition) is 0. The van der Waals surface area contributed by atoms with Gasteiger partial charge in [0.05, 0.1) is 0 Å². The quantitative estimate of drug-likeness (QED) is 0.420. The summed E-state index contributed by atoms with van der Waals surface area (Å²) in [5, 5.41) is 0. The first-order valence-corrected chi connectivity index (χ1v) is 9.42. The van der Waals surface area contributed by atoms with Crippen molar-refractivity contribution in [3.8, 4) is 0 Å². The fraction of sp³-hybridized carbons (Fsp3) is 0.478. The predicted molar refractivity (Wildman–Crippen MR) is 102 cm³/mol. The summed E-state index contributed by atoms with van der Waals surface area (Å²) in [6, 6.07) is 17.8. The lowest BCUT2D eigenvalue weighted by atomic mass is 9.96. The van der Waals surface area contributed by atoms with Crippen LogP contribution in [-0.4, -0.2) is 0 Å². The Balaban J connectivity index is 1.76. The first-order chi connectivity index (χ1) is 11.3. The molecule has 0 heterocycles. The monoisotopic (exact) mass is 308 g/mol. The van der Waals surface area contributed by atoms with Gasteiger partial charge in [0.2, 0.25) is 0 Å². The van der Waals surface area contributed by atoms with E-state index in [9.17, 15) is 0 Å². The highest BCUT2D eigenvalue weighted by Gasteiger charge is 2.02. The van der Waals surface area contributed by atoms with Crippen molar-refractivity contribution < 1.29 is 0 Å². The molecule has 0 aliphatic carbocycles. The molecule has 0 saturated carbocycles. The molecule has 0 amide bonds. The van der Waals surface area contributed by atoms with Gasteiger partial charge >= 0.3 is 0 Å². The van der Waals surface area contributed by atoms with E-state index in [-0.39, 0.29) is 0 Å². The number of rotatable bonds is 10. The first kappa shape index (κ1) is 17.8. The molecule has 0 bridgehead atoms. The van der Waals surface area contributed by atoms with Gasteiger partial charge < -0.3 is 0 Å². The third kappa shape index (κ3) is 6.60. The van der Waals surface area contributed by atoms with Gasteiger partial charge in [-0.3, -0.25) is 0 Å². The molecule has 0 aromatic heterocycles. The fourth-order valence-electron chi connectivity index (χ4n) is 3.25. The Bertz CT molecular complexity index is 554. The predicted octanol–water partition coefficient (Wildman–Crippen LogP) is 6.88. The van der Waals surface area contributed by atoms with E-state index in [4.69, 9.17) is 0 Å². The van der Waals surface area contributed by atoms with Crippen LogP contribution in [0.2, 0.25) is 0 Å². The van der Waals surface area contributed by atoms with E-state index in [2.05, 4.69) is 62.4 Å². The minimum atomic E-state index is 1.04. The van der Waals surface area contributed by atoms with E-state index in [0.717, 1.165) is 6.42 Å². The zero-order valence-corrected chi connectivity index (χ0v) is 15.0. The Morgan fingerprint density at radius 2 is 1.39 bits per heavy atom. The largest absolute Gasteiger partial charge is 0.0654 e. The second kappa shape index (κ2) is 10.3. The van der Waals surface area contributed by atoms with Crippen molar-refractivity contribution in [3.05, 3.63) is 70.8 Å². The second-order valence-corrected chi connectivity index (χ2v) is 6.79. The molecular weight excluding hydrogens is 276 g/mol. The Morgan fingerprint density at radius 1 is 0.696 bits per heavy atom.